The summed E-state index contributed by atoms with van der Waals surface area (Å²) in [6, 6.07) is 12.3. The van der Waals surface area contributed by atoms with Crippen LogP contribution in [0.5, 0.6) is 17.2 Å². The maximum absolute atomic E-state index is 12.4. The van der Waals surface area contributed by atoms with Crippen molar-refractivity contribution in [2.45, 2.75) is 13.3 Å². The molecule has 0 saturated carbocycles. The Morgan fingerprint density at radius 2 is 1.97 bits per heavy atom. The quantitative estimate of drug-likeness (QED) is 0.782. The number of anilines is 2. The summed E-state index contributed by atoms with van der Waals surface area (Å²) >= 11 is 0. The number of amides is 3. The standard InChI is InChI=1S/C21H23N3O5/c1-2-27-17-6-3-15(4-7-17)23-21(26)22-11-14-9-20(25)24(12-14)16-5-8-18-19(10-16)29-13-28-18/h3-8,10,14H,2,9,11-13H2,1H3,(H2,22,23,26)/t14-/m0/s1. The third-order valence-corrected chi connectivity index (χ3v) is 4.85. The topological polar surface area (TPSA) is 89.1 Å². The number of hydrogen-bond acceptors (Lipinski definition) is 5. The molecule has 2 aliphatic rings. The van der Waals surface area contributed by atoms with E-state index in [4.69, 9.17) is 14.2 Å². The Kier molecular flexibility index (Phi) is 5.41. The van der Waals surface area contributed by atoms with Crippen LogP contribution in [0.3, 0.4) is 0 Å². The summed E-state index contributed by atoms with van der Waals surface area (Å²) in [6.45, 7) is 3.66. The van der Waals surface area contributed by atoms with Crippen LogP contribution in [0.15, 0.2) is 42.5 Å². The third kappa shape index (κ3) is 4.37. The molecule has 2 aromatic rings. The summed E-state index contributed by atoms with van der Waals surface area (Å²) in [5, 5.41) is 5.63. The van der Waals surface area contributed by atoms with Crippen LogP contribution >= 0.6 is 0 Å². The molecule has 2 N–H and O–H groups in total. The van der Waals surface area contributed by atoms with Crippen molar-refractivity contribution in [3.63, 3.8) is 0 Å². The Labute approximate surface area is 168 Å². The molecule has 3 amide bonds. The summed E-state index contributed by atoms with van der Waals surface area (Å²) in [5.74, 6) is 2.16. The number of urea groups is 1. The second-order valence-electron chi connectivity index (χ2n) is 6.90. The molecule has 0 aliphatic carbocycles. The summed E-state index contributed by atoms with van der Waals surface area (Å²) in [6.07, 6.45) is 0.387. The minimum absolute atomic E-state index is 0.0302. The van der Waals surface area contributed by atoms with E-state index in [-0.39, 0.29) is 24.6 Å². The van der Waals surface area contributed by atoms with Gasteiger partial charge < -0.3 is 29.7 Å². The molecular formula is C21H23N3O5. The normalized spacial score (nSPS) is 17.3. The molecule has 0 bridgehead atoms. The Morgan fingerprint density at radius 3 is 2.76 bits per heavy atom. The van der Waals surface area contributed by atoms with Gasteiger partial charge in [-0.2, -0.15) is 0 Å². The highest BCUT2D eigenvalue weighted by atomic mass is 16.7. The molecule has 8 heteroatoms. The van der Waals surface area contributed by atoms with Crippen LogP contribution in [0.25, 0.3) is 0 Å². The summed E-state index contributed by atoms with van der Waals surface area (Å²) < 4.78 is 16.1. The minimum atomic E-state index is -0.303. The van der Waals surface area contributed by atoms with Crippen LogP contribution in [-0.4, -0.2) is 38.4 Å². The molecule has 1 fully saturated rings. The number of rotatable bonds is 6. The first-order chi connectivity index (χ1) is 14.1. The smallest absolute Gasteiger partial charge is 0.319 e. The number of ether oxygens (including phenoxy) is 3. The van der Waals surface area contributed by atoms with Crippen molar-refractivity contribution in [3.05, 3.63) is 42.5 Å². The maximum atomic E-state index is 12.4. The number of fused-ring (bicyclic) bond motifs is 1. The van der Waals surface area contributed by atoms with Crippen molar-refractivity contribution < 1.29 is 23.8 Å². The van der Waals surface area contributed by atoms with Gasteiger partial charge in [-0.3, -0.25) is 4.79 Å². The van der Waals surface area contributed by atoms with Crippen molar-refractivity contribution in [2.75, 3.05) is 36.7 Å². The molecule has 29 heavy (non-hydrogen) atoms. The molecule has 2 aliphatic heterocycles. The lowest BCUT2D eigenvalue weighted by Crippen LogP contribution is -2.34. The number of benzene rings is 2. The maximum Gasteiger partial charge on any atom is 0.319 e. The van der Waals surface area contributed by atoms with E-state index in [0.717, 1.165) is 11.4 Å². The van der Waals surface area contributed by atoms with Gasteiger partial charge in [0.15, 0.2) is 11.5 Å². The van der Waals surface area contributed by atoms with Gasteiger partial charge >= 0.3 is 6.03 Å². The van der Waals surface area contributed by atoms with Gasteiger partial charge in [-0.25, -0.2) is 4.79 Å². The first-order valence-electron chi connectivity index (χ1n) is 9.60. The number of carbonyl (C=O) groups excluding carboxylic acids is 2. The Hall–Kier alpha value is -3.42. The average molecular weight is 397 g/mol. The molecule has 2 heterocycles. The monoisotopic (exact) mass is 397 g/mol. The van der Waals surface area contributed by atoms with Crippen LogP contribution in [-0.2, 0) is 4.79 Å². The number of hydrogen-bond donors (Lipinski definition) is 2. The van der Waals surface area contributed by atoms with Gasteiger partial charge in [0.25, 0.3) is 0 Å². The van der Waals surface area contributed by atoms with Crippen molar-refractivity contribution in [3.8, 4) is 17.2 Å². The fourth-order valence-electron chi connectivity index (χ4n) is 3.43. The van der Waals surface area contributed by atoms with Crippen molar-refractivity contribution >= 4 is 23.3 Å². The van der Waals surface area contributed by atoms with Crippen LogP contribution < -0.4 is 29.7 Å². The van der Waals surface area contributed by atoms with E-state index in [0.29, 0.717) is 43.3 Å². The van der Waals surface area contributed by atoms with E-state index in [1.165, 1.54) is 0 Å². The van der Waals surface area contributed by atoms with E-state index in [1.807, 2.05) is 19.1 Å². The van der Waals surface area contributed by atoms with E-state index in [2.05, 4.69) is 10.6 Å². The van der Waals surface area contributed by atoms with Gasteiger partial charge in [0, 0.05) is 42.9 Å². The van der Waals surface area contributed by atoms with Gasteiger partial charge in [0.1, 0.15) is 5.75 Å². The van der Waals surface area contributed by atoms with Crippen molar-refractivity contribution in [1.29, 1.82) is 0 Å². The fraction of sp³-hybridized carbons (Fsp3) is 0.333. The molecule has 8 nitrogen and oxygen atoms in total. The number of nitrogens with one attached hydrogen (secondary N) is 2. The summed E-state index contributed by atoms with van der Waals surface area (Å²) in [5.41, 5.74) is 1.45. The molecule has 1 atom stereocenters. The summed E-state index contributed by atoms with van der Waals surface area (Å²) in [4.78, 5) is 26.3. The molecule has 1 saturated heterocycles. The van der Waals surface area contributed by atoms with Crippen molar-refractivity contribution in [1.82, 2.24) is 5.32 Å². The fourth-order valence-corrected chi connectivity index (χ4v) is 3.43. The highest BCUT2D eigenvalue weighted by Crippen LogP contribution is 2.37. The molecular weight excluding hydrogens is 374 g/mol. The lowest BCUT2D eigenvalue weighted by atomic mass is 10.1. The number of carbonyl (C=O) groups is 2. The van der Waals surface area contributed by atoms with E-state index in [9.17, 15) is 9.59 Å². The molecule has 152 valence electrons. The zero-order valence-electron chi connectivity index (χ0n) is 16.1. The SMILES string of the molecule is CCOc1ccc(NC(=O)NC[C@@H]2CC(=O)N(c3ccc4c(c3)OCO4)C2)cc1. The van der Waals surface area contributed by atoms with Crippen molar-refractivity contribution in [2.24, 2.45) is 5.92 Å². The number of nitrogens with zero attached hydrogens (tertiary/aromatic N) is 1. The Balaban J connectivity index is 1.28. The van der Waals surface area contributed by atoms with E-state index < -0.39 is 0 Å². The molecule has 0 radical (unpaired) electrons. The highest BCUT2D eigenvalue weighted by molar-refractivity contribution is 5.96. The van der Waals surface area contributed by atoms with Crippen LogP contribution in [0.1, 0.15) is 13.3 Å². The minimum Gasteiger partial charge on any atom is -0.494 e. The van der Waals surface area contributed by atoms with Crippen LogP contribution in [0, 0.1) is 5.92 Å². The second-order valence-corrected chi connectivity index (χ2v) is 6.90. The van der Waals surface area contributed by atoms with Gasteiger partial charge in [-0.1, -0.05) is 0 Å². The van der Waals surface area contributed by atoms with Gasteiger partial charge in [-0.05, 0) is 43.3 Å². The average Bonchev–Trinajstić information content (AvgIpc) is 3.33. The highest BCUT2D eigenvalue weighted by Gasteiger charge is 2.31. The molecule has 0 unspecified atom stereocenters. The van der Waals surface area contributed by atoms with Gasteiger partial charge in [0.05, 0.1) is 6.61 Å². The molecule has 2 aromatic carbocycles. The first kappa shape index (κ1) is 18.9. The predicted molar refractivity (Wildman–Crippen MR) is 108 cm³/mol. The summed E-state index contributed by atoms with van der Waals surface area (Å²) in [7, 11) is 0. The largest absolute Gasteiger partial charge is 0.494 e. The Bertz CT molecular complexity index is 900. The molecule has 0 aromatic heterocycles. The van der Waals surface area contributed by atoms with E-state index in [1.54, 1.807) is 35.2 Å². The van der Waals surface area contributed by atoms with Gasteiger partial charge in [0.2, 0.25) is 12.7 Å². The second kappa shape index (κ2) is 8.30. The van der Waals surface area contributed by atoms with Crippen LogP contribution in [0.4, 0.5) is 16.2 Å². The zero-order chi connectivity index (χ0) is 20.2. The van der Waals surface area contributed by atoms with Crippen LogP contribution in [0.2, 0.25) is 0 Å². The molecule has 0 spiro atoms. The zero-order valence-corrected chi connectivity index (χ0v) is 16.1. The predicted octanol–water partition coefficient (Wildman–Crippen LogP) is 2.99. The first-order valence-corrected chi connectivity index (χ1v) is 9.60. The lowest BCUT2D eigenvalue weighted by molar-refractivity contribution is -0.117. The van der Waals surface area contributed by atoms with E-state index >= 15 is 0 Å². The lowest BCUT2D eigenvalue weighted by Gasteiger charge is -2.17. The molecule has 4 rings (SSSR count). The Morgan fingerprint density at radius 1 is 1.17 bits per heavy atom. The van der Waals surface area contributed by atoms with Gasteiger partial charge in [-0.15, -0.1) is 0 Å². The third-order valence-electron chi connectivity index (χ3n) is 4.85.